The third-order valence-corrected chi connectivity index (χ3v) is 11.3. The molecule has 4 fully saturated rings. The fourth-order valence-corrected chi connectivity index (χ4v) is 8.76. The van der Waals surface area contributed by atoms with E-state index in [9.17, 15) is 14.7 Å². The van der Waals surface area contributed by atoms with Gasteiger partial charge in [-0.25, -0.2) is 4.79 Å². The number of rotatable bonds is 4. The first-order valence-electron chi connectivity index (χ1n) is 16.4. The number of carbonyl (C=O) groups excluding carboxylic acids is 2. The summed E-state index contributed by atoms with van der Waals surface area (Å²) in [5.74, 6) is 0.488. The van der Waals surface area contributed by atoms with Crippen LogP contribution in [0.4, 0.5) is 4.79 Å². The van der Waals surface area contributed by atoms with E-state index in [1.54, 1.807) is 0 Å². The van der Waals surface area contributed by atoms with Crippen molar-refractivity contribution in [2.75, 3.05) is 19.7 Å². The molecule has 1 aromatic rings. The predicted molar refractivity (Wildman–Crippen MR) is 159 cm³/mol. The first-order valence-corrected chi connectivity index (χ1v) is 16.4. The van der Waals surface area contributed by atoms with Gasteiger partial charge in [0, 0.05) is 23.5 Å². The second kappa shape index (κ2) is 11.8. The molecule has 0 radical (unpaired) electrons. The summed E-state index contributed by atoms with van der Waals surface area (Å²) in [6.45, 7) is 6.46. The van der Waals surface area contributed by atoms with Gasteiger partial charge in [0.15, 0.2) is 5.78 Å². The van der Waals surface area contributed by atoms with Gasteiger partial charge in [0.1, 0.15) is 5.60 Å². The first kappa shape index (κ1) is 28.9. The lowest BCUT2D eigenvalue weighted by molar-refractivity contribution is -0.0375. The number of ketones is 1. The standard InChI is InChI=1S/C35H49NO5/c1-24-8-6-17-34(2)31(16-18-35(34)23-36(33(39)41-35)22-28-11-7-19-40-28)29-15-13-25(20-27(37)14-12-24)21-30(29)32(38)26-9-4-3-5-10-26/h8,13,15,21,26-28,31,37H,3-7,9-12,14,16-20,22-23H2,1-2H3/t27-,28+,31-,34-,35+/m0/s1. The molecule has 0 unspecified atom stereocenters. The summed E-state index contributed by atoms with van der Waals surface area (Å²) in [5.41, 5.74) is 3.45. The van der Waals surface area contributed by atoms with E-state index in [2.05, 4.69) is 38.1 Å². The minimum absolute atomic E-state index is 0.0833. The summed E-state index contributed by atoms with van der Waals surface area (Å²) >= 11 is 0. The number of hydrogen-bond donors (Lipinski definition) is 1. The molecule has 2 bridgehead atoms. The second-order valence-corrected chi connectivity index (χ2v) is 14.0. The Morgan fingerprint density at radius 3 is 2.68 bits per heavy atom. The van der Waals surface area contributed by atoms with Crippen LogP contribution in [0.3, 0.4) is 0 Å². The minimum atomic E-state index is -0.577. The van der Waals surface area contributed by atoms with Gasteiger partial charge < -0.3 is 19.5 Å². The number of nitrogens with zero attached hydrogens (tertiary/aromatic N) is 1. The van der Waals surface area contributed by atoms with Crippen molar-refractivity contribution in [3.8, 4) is 0 Å². The van der Waals surface area contributed by atoms with Crippen LogP contribution in [0.15, 0.2) is 29.8 Å². The van der Waals surface area contributed by atoms with E-state index in [0.29, 0.717) is 19.5 Å². The monoisotopic (exact) mass is 563 g/mol. The lowest BCUT2D eigenvalue weighted by atomic mass is 9.64. The highest BCUT2D eigenvalue weighted by Crippen LogP contribution is 2.61. The maximum absolute atomic E-state index is 14.2. The highest BCUT2D eigenvalue weighted by atomic mass is 16.6. The zero-order valence-corrected chi connectivity index (χ0v) is 25.2. The minimum Gasteiger partial charge on any atom is -0.440 e. The van der Waals surface area contributed by atoms with Gasteiger partial charge >= 0.3 is 6.09 Å². The molecule has 6 nitrogen and oxygen atoms in total. The van der Waals surface area contributed by atoms with Gasteiger partial charge in [-0.05, 0) is 101 Å². The molecule has 2 aliphatic heterocycles. The van der Waals surface area contributed by atoms with Crippen LogP contribution in [0.1, 0.15) is 125 Å². The van der Waals surface area contributed by atoms with Crippen molar-refractivity contribution in [3.05, 3.63) is 46.5 Å². The normalized spacial score (nSPS) is 34.9. The van der Waals surface area contributed by atoms with Crippen LogP contribution < -0.4 is 0 Å². The first-order chi connectivity index (χ1) is 19.8. The Hall–Kier alpha value is -2.18. The van der Waals surface area contributed by atoms with Gasteiger partial charge in [-0.3, -0.25) is 4.79 Å². The fraction of sp³-hybridized carbons (Fsp3) is 0.714. The fourth-order valence-electron chi connectivity index (χ4n) is 8.76. The van der Waals surface area contributed by atoms with Crippen LogP contribution in [0, 0.1) is 11.3 Å². The van der Waals surface area contributed by atoms with Crippen molar-refractivity contribution in [2.45, 2.75) is 127 Å². The van der Waals surface area contributed by atoms with E-state index in [0.717, 1.165) is 100 Å². The summed E-state index contributed by atoms with van der Waals surface area (Å²) < 4.78 is 12.3. The molecule has 6 heteroatoms. The molecule has 5 atom stereocenters. The van der Waals surface area contributed by atoms with Crippen molar-refractivity contribution in [1.29, 1.82) is 0 Å². The summed E-state index contributed by atoms with van der Waals surface area (Å²) in [7, 11) is 0. The zero-order chi connectivity index (χ0) is 28.6. The average molecular weight is 564 g/mol. The topological polar surface area (TPSA) is 76.1 Å². The molecule has 6 aliphatic rings. The largest absolute Gasteiger partial charge is 0.440 e. The van der Waals surface area contributed by atoms with Crippen LogP contribution in [0.2, 0.25) is 0 Å². The number of aliphatic hydroxyl groups excluding tert-OH is 1. The van der Waals surface area contributed by atoms with Crippen LogP contribution in [0.25, 0.3) is 0 Å². The quantitative estimate of drug-likeness (QED) is 0.312. The van der Waals surface area contributed by atoms with Crippen molar-refractivity contribution >= 4 is 11.9 Å². The molecular formula is C35H49NO5. The van der Waals surface area contributed by atoms with E-state index >= 15 is 0 Å². The molecule has 7 rings (SSSR count). The van der Waals surface area contributed by atoms with Crippen LogP contribution in [-0.2, 0) is 15.9 Å². The van der Waals surface area contributed by atoms with E-state index in [1.165, 1.54) is 12.0 Å². The number of Topliss-reactive ketones (excluding diaryl/α,β-unsaturated/α-hetero) is 1. The third kappa shape index (κ3) is 5.63. The number of allylic oxidation sites excluding steroid dienone is 2. The van der Waals surface area contributed by atoms with E-state index in [-0.39, 0.29) is 35.2 Å². The SMILES string of the molecule is CC1=CCC[C@@]2(C)[C@@H](CC[C@@]23CN(C[C@H]2CCCO2)C(=O)O3)c2ccc(cc2C(=O)C2CCCCC2)C[C@@H](O)CC1. The van der Waals surface area contributed by atoms with Crippen LogP contribution in [-0.4, -0.2) is 59.4 Å². The number of carbonyl (C=O) groups is 2. The van der Waals surface area contributed by atoms with Crippen LogP contribution >= 0.6 is 0 Å². The zero-order valence-electron chi connectivity index (χ0n) is 25.2. The Morgan fingerprint density at radius 1 is 1.07 bits per heavy atom. The van der Waals surface area contributed by atoms with E-state index in [4.69, 9.17) is 9.47 Å². The highest BCUT2D eigenvalue weighted by Gasteiger charge is 2.64. The summed E-state index contributed by atoms with van der Waals surface area (Å²) in [6.07, 6.45) is 14.9. The molecule has 1 spiro atoms. The molecule has 224 valence electrons. The Morgan fingerprint density at radius 2 is 1.90 bits per heavy atom. The van der Waals surface area contributed by atoms with E-state index < -0.39 is 11.7 Å². The van der Waals surface area contributed by atoms with Crippen LogP contribution in [0.5, 0.6) is 0 Å². The molecule has 41 heavy (non-hydrogen) atoms. The molecule has 0 aromatic heterocycles. The molecule has 1 amide bonds. The summed E-state index contributed by atoms with van der Waals surface area (Å²) in [6, 6.07) is 6.44. The lowest BCUT2D eigenvalue weighted by Gasteiger charge is -2.43. The number of benzene rings is 1. The van der Waals surface area contributed by atoms with Crippen molar-refractivity contribution in [1.82, 2.24) is 4.90 Å². The van der Waals surface area contributed by atoms with Crippen molar-refractivity contribution in [2.24, 2.45) is 11.3 Å². The van der Waals surface area contributed by atoms with E-state index in [1.807, 2.05) is 4.90 Å². The Kier molecular flexibility index (Phi) is 8.35. The van der Waals surface area contributed by atoms with Gasteiger partial charge in [-0.1, -0.05) is 50.0 Å². The molecule has 2 saturated heterocycles. The van der Waals surface area contributed by atoms with Crippen molar-refractivity contribution in [3.63, 3.8) is 0 Å². The Labute approximate surface area is 245 Å². The maximum atomic E-state index is 14.2. The number of hydrogen-bond acceptors (Lipinski definition) is 5. The molecular weight excluding hydrogens is 514 g/mol. The number of ether oxygens (including phenoxy) is 2. The van der Waals surface area contributed by atoms with Crippen molar-refractivity contribution < 1.29 is 24.2 Å². The van der Waals surface area contributed by atoms with Gasteiger partial charge in [0.25, 0.3) is 0 Å². The Balaban J connectivity index is 1.39. The number of aliphatic hydroxyl groups is 1. The smallest absolute Gasteiger partial charge is 0.410 e. The lowest BCUT2D eigenvalue weighted by Crippen LogP contribution is -2.48. The maximum Gasteiger partial charge on any atom is 0.410 e. The predicted octanol–water partition coefficient (Wildman–Crippen LogP) is 7.13. The highest BCUT2D eigenvalue weighted by molar-refractivity contribution is 5.99. The summed E-state index contributed by atoms with van der Waals surface area (Å²) in [4.78, 5) is 29.4. The number of amides is 1. The molecule has 2 heterocycles. The third-order valence-electron chi connectivity index (χ3n) is 11.3. The average Bonchev–Trinajstić information content (AvgIpc) is 3.66. The van der Waals surface area contributed by atoms with Gasteiger partial charge in [0.2, 0.25) is 0 Å². The summed E-state index contributed by atoms with van der Waals surface area (Å²) in [5, 5.41) is 10.8. The molecule has 1 aromatic carbocycles. The second-order valence-electron chi connectivity index (χ2n) is 14.0. The molecule has 1 N–H and O–H groups in total. The van der Waals surface area contributed by atoms with Gasteiger partial charge in [-0.2, -0.15) is 0 Å². The number of fused-ring (bicyclic) bond motifs is 8. The van der Waals surface area contributed by atoms with Gasteiger partial charge in [-0.15, -0.1) is 0 Å². The molecule has 2 saturated carbocycles. The van der Waals surface area contributed by atoms with Gasteiger partial charge in [0.05, 0.1) is 25.3 Å². The Bertz CT molecular complexity index is 1170. The molecule has 4 aliphatic carbocycles.